The summed E-state index contributed by atoms with van der Waals surface area (Å²) in [6.07, 6.45) is 10.5. The lowest BCUT2D eigenvalue weighted by atomic mass is 10.2. The molecular formula is C20H20N4O4. The highest BCUT2D eigenvalue weighted by molar-refractivity contribution is 6.13. The van der Waals surface area contributed by atoms with Gasteiger partial charge in [0.05, 0.1) is 11.5 Å². The Bertz CT molecular complexity index is 955. The molecule has 2 heterocycles. The molecule has 1 saturated heterocycles. The van der Waals surface area contributed by atoms with Gasteiger partial charge in [0.1, 0.15) is 5.70 Å². The summed E-state index contributed by atoms with van der Waals surface area (Å²) >= 11 is 0. The van der Waals surface area contributed by atoms with Crippen LogP contribution in [0, 0.1) is 10.1 Å². The molecule has 1 saturated carbocycles. The Kier molecular flexibility index (Phi) is 4.68. The average molecular weight is 380 g/mol. The Morgan fingerprint density at radius 3 is 2.54 bits per heavy atom. The number of urea groups is 1. The molecule has 1 aliphatic carbocycles. The van der Waals surface area contributed by atoms with Crippen molar-refractivity contribution in [1.29, 1.82) is 0 Å². The molecule has 2 fully saturated rings. The van der Waals surface area contributed by atoms with Crippen LogP contribution in [0.2, 0.25) is 0 Å². The molecule has 2 aliphatic rings. The minimum atomic E-state index is -0.496. The van der Waals surface area contributed by atoms with Gasteiger partial charge in [-0.3, -0.25) is 19.8 Å². The number of benzene rings is 1. The number of imide groups is 1. The van der Waals surface area contributed by atoms with E-state index in [2.05, 4.69) is 9.88 Å². The molecule has 28 heavy (non-hydrogen) atoms. The highest BCUT2D eigenvalue weighted by Crippen LogP contribution is 2.30. The van der Waals surface area contributed by atoms with Gasteiger partial charge in [-0.25, -0.2) is 4.79 Å². The fourth-order valence-corrected chi connectivity index (χ4v) is 3.73. The first-order valence-corrected chi connectivity index (χ1v) is 9.26. The van der Waals surface area contributed by atoms with Crippen LogP contribution in [0.5, 0.6) is 0 Å². The van der Waals surface area contributed by atoms with E-state index in [1.807, 2.05) is 18.5 Å². The average Bonchev–Trinajstić information content (AvgIpc) is 3.41. The van der Waals surface area contributed by atoms with Crippen LogP contribution in [0.15, 0.2) is 48.4 Å². The number of non-ortho nitro benzene ring substituents is 1. The van der Waals surface area contributed by atoms with E-state index in [1.165, 1.54) is 37.8 Å². The van der Waals surface area contributed by atoms with Gasteiger partial charge < -0.3 is 9.88 Å². The largest absolute Gasteiger partial charge is 0.351 e. The van der Waals surface area contributed by atoms with Gasteiger partial charge in [-0.15, -0.1) is 0 Å². The lowest BCUT2D eigenvalue weighted by Crippen LogP contribution is -2.30. The molecule has 144 valence electrons. The van der Waals surface area contributed by atoms with Crippen molar-refractivity contribution in [2.75, 3.05) is 0 Å². The number of hydrogen-bond donors (Lipinski definition) is 1. The fraction of sp³-hybridized carbons (Fsp3) is 0.300. The summed E-state index contributed by atoms with van der Waals surface area (Å²) in [6.45, 7) is 0.0586. The van der Waals surface area contributed by atoms with E-state index < -0.39 is 16.9 Å². The van der Waals surface area contributed by atoms with Crippen molar-refractivity contribution in [3.05, 3.63) is 69.7 Å². The molecule has 0 bridgehead atoms. The number of hydrogen-bond acceptors (Lipinski definition) is 4. The topological polar surface area (TPSA) is 97.5 Å². The molecular weight excluding hydrogens is 360 g/mol. The number of aromatic nitrogens is 1. The van der Waals surface area contributed by atoms with E-state index in [-0.39, 0.29) is 17.9 Å². The lowest BCUT2D eigenvalue weighted by molar-refractivity contribution is -0.384. The summed E-state index contributed by atoms with van der Waals surface area (Å²) in [6, 6.07) is 7.75. The van der Waals surface area contributed by atoms with Gasteiger partial charge in [-0.05, 0) is 36.1 Å². The Morgan fingerprint density at radius 1 is 1.14 bits per heavy atom. The first-order chi connectivity index (χ1) is 13.5. The fourth-order valence-electron chi connectivity index (χ4n) is 3.73. The van der Waals surface area contributed by atoms with Gasteiger partial charge in [0, 0.05) is 30.6 Å². The van der Waals surface area contributed by atoms with Gasteiger partial charge in [-0.1, -0.05) is 25.0 Å². The van der Waals surface area contributed by atoms with Gasteiger partial charge >= 0.3 is 6.03 Å². The van der Waals surface area contributed by atoms with E-state index in [9.17, 15) is 19.7 Å². The van der Waals surface area contributed by atoms with E-state index in [1.54, 1.807) is 18.2 Å². The number of nitro groups is 1. The molecule has 2 aromatic rings. The lowest BCUT2D eigenvalue weighted by Gasteiger charge is -2.11. The quantitative estimate of drug-likeness (QED) is 0.371. The predicted octanol–water partition coefficient (Wildman–Crippen LogP) is 3.60. The van der Waals surface area contributed by atoms with Crippen LogP contribution in [0.3, 0.4) is 0 Å². The Labute approximate surface area is 161 Å². The molecule has 0 radical (unpaired) electrons. The first-order valence-electron chi connectivity index (χ1n) is 9.26. The van der Waals surface area contributed by atoms with Crippen LogP contribution in [0.1, 0.15) is 42.9 Å². The highest BCUT2D eigenvalue weighted by Gasteiger charge is 2.33. The second-order valence-electron chi connectivity index (χ2n) is 7.13. The summed E-state index contributed by atoms with van der Waals surface area (Å²) in [5.74, 6) is -0.406. The first kappa shape index (κ1) is 18.0. The van der Waals surface area contributed by atoms with Crippen LogP contribution in [0.4, 0.5) is 10.5 Å². The third kappa shape index (κ3) is 3.53. The second kappa shape index (κ2) is 7.30. The molecule has 8 heteroatoms. The third-order valence-corrected chi connectivity index (χ3v) is 5.24. The Morgan fingerprint density at radius 2 is 1.86 bits per heavy atom. The summed E-state index contributed by atoms with van der Waals surface area (Å²) in [5, 5.41) is 13.3. The Balaban J connectivity index is 1.47. The number of carbonyl (C=O) groups is 2. The zero-order valence-electron chi connectivity index (χ0n) is 15.2. The molecule has 1 aromatic heterocycles. The molecule has 8 nitrogen and oxygen atoms in total. The van der Waals surface area contributed by atoms with Crippen molar-refractivity contribution in [1.82, 2.24) is 14.8 Å². The molecule has 0 atom stereocenters. The minimum absolute atomic E-state index is 0.0340. The number of carbonyl (C=O) groups excluding carboxylic acids is 2. The number of nitrogens with zero attached hydrogens (tertiary/aromatic N) is 3. The molecule has 1 aromatic carbocycles. The predicted molar refractivity (Wildman–Crippen MR) is 102 cm³/mol. The number of amides is 3. The maximum absolute atomic E-state index is 12.6. The summed E-state index contributed by atoms with van der Waals surface area (Å²) < 4.78 is 2.18. The van der Waals surface area contributed by atoms with Gasteiger partial charge in [-0.2, -0.15) is 0 Å². The maximum atomic E-state index is 12.6. The standard InChI is InChI=1S/C20H20N4O4/c25-19-18(11-15-9-10-22(12-15)16-3-1-2-4-16)21-20(26)23(19)13-14-5-7-17(8-6-14)24(27)28/h5-12,16H,1-4,13H2,(H,21,26)/b18-11+. The van der Waals surface area contributed by atoms with Gasteiger partial charge in [0.15, 0.2) is 0 Å². The smallest absolute Gasteiger partial charge is 0.329 e. The number of nitro benzene ring substituents is 1. The molecule has 0 unspecified atom stereocenters. The van der Waals surface area contributed by atoms with Crippen molar-refractivity contribution in [3.8, 4) is 0 Å². The van der Waals surface area contributed by atoms with E-state index in [0.717, 1.165) is 10.5 Å². The van der Waals surface area contributed by atoms with Crippen LogP contribution < -0.4 is 5.32 Å². The molecule has 1 N–H and O–H groups in total. The third-order valence-electron chi connectivity index (χ3n) is 5.24. The SMILES string of the molecule is O=C1N/C(=C/c2ccn(C3CCCC3)c2)C(=O)N1Cc1ccc([N+](=O)[O-])cc1. The van der Waals surface area contributed by atoms with Crippen molar-refractivity contribution in [3.63, 3.8) is 0 Å². The van der Waals surface area contributed by atoms with Gasteiger partial charge in [0.25, 0.3) is 11.6 Å². The van der Waals surface area contributed by atoms with Crippen LogP contribution >= 0.6 is 0 Å². The van der Waals surface area contributed by atoms with E-state index >= 15 is 0 Å². The second-order valence-corrected chi connectivity index (χ2v) is 7.13. The number of nitrogens with one attached hydrogen (secondary N) is 1. The van der Waals surface area contributed by atoms with Crippen molar-refractivity contribution in [2.24, 2.45) is 0 Å². The van der Waals surface area contributed by atoms with Crippen molar-refractivity contribution < 1.29 is 14.5 Å². The summed E-state index contributed by atoms with van der Waals surface area (Å²) in [4.78, 5) is 36.2. The molecule has 3 amide bonds. The van der Waals surface area contributed by atoms with E-state index in [0.29, 0.717) is 11.6 Å². The Hall–Kier alpha value is -3.42. The molecule has 1 aliphatic heterocycles. The van der Waals surface area contributed by atoms with Crippen LogP contribution in [0.25, 0.3) is 6.08 Å². The minimum Gasteiger partial charge on any atom is -0.351 e. The molecule has 4 rings (SSSR count). The van der Waals surface area contributed by atoms with Crippen LogP contribution in [-0.2, 0) is 11.3 Å². The summed E-state index contributed by atoms with van der Waals surface area (Å²) in [7, 11) is 0. The zero-order chi connectivity index (χ0) is 19.7. The van der Waals surface area contributed by atoms with Crippen molar-refractivity contribution >= 4 is 23.7 Å². The number of rotatable bonds is 5. The van der Waals surface area contributed by atoms with Crippen molar-refractivity contribution in [2.45, 2.75) is 38.3 Å². The summed E-state index contributed by atoms with van der Waals surface area (Å²) in [5.41, 5.74) is 1.71. The highest BCUT2D eigenvalue weighted by atomic mass is 16.6. The maximum Gasteiger partial charge on any atom is 0.329 e. The molecule has 0 spiro atoms. The van der Waals surface area contributed by atoms with E-state index in [4.69, 9.17) is 0 Å². The zero-order valence-corrected chi connectivity index (χ0v) is 15.2. The van der Waals surface area contributed by atoms with Crippen LogP contribution in [-0.4, -0.2) is 26.3 Å². The normalized spacial score (nSPS) is 18.9. The monoisotopic (exact) mass is 380 g/mol. The van der Waals surface area contributed by atoms with Gasteiger partial charge in [0.2, 0.25) is 0 Å².